The fraction of sp³-hybridized carbons (Fsp3) is 0.500. The molecule has 1 saturated carbocycles. The van der Waals surface area contributed by atoms with Crippen LogP contribution < -0.4 is 10.5 Å². The fourth-order valence-corrected chi connectivity index (χ4v) is 4.12. The van der Waals surface area contributed by atoms with Gasteiger partial charge in [-0.05, 0) is 37.0 Å². The quantitative estimate of drug-likeness (QED) is 0.750. The molecular weight excluding hydrogens is 319 g/mol. The summed E-state index contributed by atoms with van der Waals surface area (Å²) in [6.45, 7) is 0.165. The topological polar surface area (TPSA) is 106 Å². The van der Waals surface area contributed by atoms with Crippen molar-refractivity contribution in [3.63, 3.8) is 0 Å². The SMILES string of the molecule is CS(=O)(=O)c1ccc(F)c(S(=O)(=O)NCC2CC(N)C2)c1. The molecule has 9 heteroatoms. The van der Waals surface area contributed by atoms with Crippen molar-refractivity contribution in [3.05, 3.63) is 24.0 Å². The van der Waals surface area contributed by atoms with Crippen LogP contribution in [0.25, 0.3) is 0 Å². The standard InChI is InChI=1S/C12H17FN2O4S2/c1-20(16,17)10-2-3-11(13)12(6-10)21(18,19)15-7-8-4-9(14)5-8/h2-3,6,8-9,15H,4-5,7,14H2,1H3. The first kappa shape index (κ1) is 16.3. The summed E-state index contributed by atoms with van der Waals surface area (Å²) >= 11 is 0. The van der Waals surface area contributed by atoms with Gasteiger partial charge in [0, 0.05) is 18.8 Å². The van der Waals surface area contributed by atoms with Gasteiger partial charge in [-0.1, -0.05) is 0 Å². The molecular formula is C12H17FN2O4S2. The Kier molecular flexibility index (Phi) is 4.39. The zero-order valence-electron chi connectivity index (χ0n) is 11.4. The molecule has 2 rings (SSSR count). The fourth-order valence-electron chi connectivity index (χ4n) is 2.18. The smallest absolute Gasteiger partial charge is 0.243 e. The molecule has 0 aromatic heterocycles. The van der Waals surface area contributed by atoms with Gasteiger partial charge in [0.2, 0.25) is 10.0 Å². The van der Waals surface area contributed by atoms with E-state index in [0.717, 1.165) is 24.5 Å². The van der Waals surface area contributed by atoms with Crippen molar-refractivity contribution in [2.24, 2.45) is 11.7 Å². The third kappa shape index (κ3) is 3.79. The van der Waals surface area contributed by atoms with E-state index in [1.165, 1.54) is 0 Å². The summed E-state index contributed by atoms with van der Waals surface area (Å²) in [6, 6.07) is 2.79. The largest absolute Gasteiger partial charge is 0.328 e. The van der Waals surface area contributed by atoms with Crippen molar-refractivity contribution < 1.29 is 21.2 Å². The molecule has 118 valence electrons. The lowest BCUT2D eigenvalue weighted by molar-refractivity contribution is 0.267. The molecule has 1 aromatic rings. The summed E-state index contributed by atoms with van der Waals surface area (Å²) in [7, 11) is -7.70. The molecule has 0 radical (unpaired) electrons. The number of hydrogen-bond acceptors (Lipinski definition) is 5. The van der Waals surface area contributed by atoms with Crippen LogP contribution in [0.15, 0.2) is 28.0 Å². The summed E-state index contributed by atoms with van der Waals surface area (Å²) in [5.41, 5.74) is 5.61. The normalized spacial score (nSPS) is 22.8. The van der Waals surface area contributed by atoms with Crippen LogP contribution in [-0.4, -0.2) is 35.7 Å². The van der Waals surface area contributed by atoms with Gasteiger partial charge < -0.3 is 5.73 Å². The number of sulfone groups is 1. The van der Waals surface area contributed by atoms with Crippen LogP contribution in [-0.2, 0) is 19.9 Å². The van der Waals surface area contributed by atoms with Crippen molar-refractivity contribution in [1.29, 1.82) is 0 Å². The molecule has 1 fully saturated rings. The van der Waals surface area contributed by atoms with Gasteiger partial charge >= 0.3 is 0 Å². The molecule has 0 amide bonds. The van der Waals surface area contributed by atoms with E-state index in [-0.39, 0.29) is 23.4 Å². The minimum Gasteiger partial charge on any atom is -0.328 e. The highest BCUT2D eigenvalue weighted by atomic mass is 32.2. The number of hydrogen-bond donors (Lipinski definition) is 2. The first-order valence-corrected chi connectivity index (χ1v) is 9.72. The minimum absolute atomic E-state index is 0.0878. The molecule has 1 aliphatic carbocycles. The zero-order valence-corrected chi connectivity index (χ0v) is 13.0. The van der Waals surface area contributed by atoms with Crippen molar-refractivity contribution in [1.82, 2.24) is 4.72 Å². The Morgan fingerprint density at radius 2 is 1.90 bits per heavy atom. The Balaban J connectivity index is 2.22. The molecule has 1 aromatic carbocycles. The summed E-state index contributed by atoms with van der Waals surface area (Å²) in [4.78, 5) is -0.899. The molecule has 6 nitrogen and oxygen atoms in total. The second-order valence-electron chi connectivity index (χ2n) is 5.31. The molecule has 0 bridgehead atoms. The number of sulfonamides is 1. The summed E-state index contributed by atoms with van der Waals surface area (Å²) in [6.07, 6.45) is 2.36. The molecule has 0 unspecified atom stereocenters. The van der Waals surface area contributed by atoms with Gasteiger partial charge in [-0.2, -0.15) is 0 Å². The van der Waals surface area contributed by atoms with E-state index >= 15 is 0 Å². The van der Waals surface area contributed by atoms with E-state index in [0.29, 0.717) is 12.8 Å². The van der Waals surface area contributed by atoms with Crippen LogP contribution in [0.5, 0.6) is 0 Å². The molecule has 3 N–H and O–H groups in total. The Morgan fingerprint density at radius 3 is 2.43 bits per heavy atom. The van der Waals surface area contributed by atoms with Crippen molar-refractivity contribution in [2.45, 2.75) is 28.7 Å². The van der Waals surface area contributed by atoms with Gasteiger partial charge in [-0.15, -0.1) is 0 Å². The molecule has 0 aliphatic heterocycles. The number of rotatable bonds is 5. The summed E-state index contributed by atoms with van der Waals surface area (Å²) in [5, 5.41) is 0. The Hall–Kier alpha value is -1.03. The number of nitrogens with two attached hydrogens (primary N) is 1. The van der Waals surface area contributed by atoms with Gasteiger partial charge in [0.1, 0.15) is 10.7 Å². The minimum atomic E-state index is -4.09. The van der Waals surface area contributed by atoms with E-state index in [1.54, 1.807) is 0 Å². The summed E-state index contributed by atoms with van der Waals surface area (Å²) in [5.74, 6) is -0.851. The third-order valence-corrected chi connectivity index (χ3v) is 6.00. The maximum absolute atomic E-state index is 13.7. The van der Waals surface area contributed by atoms with Crippen LogP contribution in [0.4, 0.5) is 4.39 Å². The predicted molar refractivity (Wildman–Crippen MR) is 75.4 cm³/mol. The second-order valence-corrected chi connectivity index (χ2v) is 9.06. The van der Waals surface area contributed by atoms with Crippen LogP contribution in [0, 0.1) is 11.7 Å². The Bertz CT molecular complexity index is 741. The molecule has 1 aliphatic rings. The zero-order chi connectivity index (χ0) is 15.8. The highest BCUT2D eigenvalue weighted by molar-refractivity contribution is 7.91. The highest BCUT2D eigenvalue weighted by Crippen LogP contribution is 2.25. The van der Waals surface area contributed by atoms with Gasteiger partial charge in [0.15, 0.2) is 9.84 Å². The maximum atomic E-state index is 13.7. The number of halogens is 1. The molecule has 0 spiro atoms. The van der Waals surface area contributed by atoms with E-state index in [1.807, 2.05) is 0 Å². The first-order valence-electron chi connectivity index (χ1n) is 6.34. The monoisotopic (exact) mass is 336 g/mol. The van der Waals surface area contributed by atoms with Gasteiger partial charge in [-0.3, -0.25) is 0 Å². The molecule has 0 atom stereocenters. The molecule has 21 heavy (non-hydrogen) atoms. The highest BCUT2D eigenvalue weighted by Gasteiger charge is 2.28. The van der Waals surface area contributed by atoms with E-state index < -0.39 is 30.6 Å². The third-order valence-electron chi connectivity index (χ3n) is 3.45. The van der Waals surface area contributed by atoms with Gasteiger partial charge in [0.05, 0.1) is 4.90 Å². The van der Waals surface area contributed by atoms with Crippen molar-refractivity contribution in [2.75, 3.05) is 12.8 Å². The average Bonchev–Trinajstić information content (AvgIpc) is 2.32. The molecule has 0 saturated heterocycles. The van der Waals surface area contributed by atoms with E-state index in [4.69, 9.17) is 5.73 Å². The van der Waals surface area contributed by atoms with Crippen LogP contribution in [0.1, 0.15) is 12.8 Å². The lowest BCUT2D eigenvalue weighted by atomic mass is 9.81. The van der Waals surface area contributed by atoms with Crippen LogP contribution >= 0.6 is 0 Å². The molecule has 0 heterocycles. The van der Waals surface area contributed by atoms with Crippen molar-refractivity contribution in [3.8, 4) is 0 Å². The second kappa shape index (κ2) is 5.64. The average molecular weight is 336 g/mol. The maximum Gasteiger partial charge on any atom is 0.243 e. The first-order chi connectivity index (χ1) is 9.59. The Labute approximate surface area is 123 Å². The van der Waals surface area contributed by atoms with E-state index in [9.17, 15) is 21.2 Å². The van der Waals surface area contributed by atoms with Crippen LogP contribution in [0.3, 0.4) is 0 Å². The van der Waals surface area contributed by atoms with Crippen LogP contribution in [0.2, 0.25) is 0 Å². The Morgan fingerprint density at radius 1 is 1.29 bits per heavy atom. The lowest BCUT2D eigenvalue weighted by Crippen LogP contribution is -2.42. The van der Waals surface area contributed by atoms with Gasteiger partial charge in [-0.25, -0.2) is 25.9 Å². The van der Waals surface area contributed by atoms with E-state index in [2.05, 4.69) is 4.72 Å². The number of nitrogens with one attached hydrogen (secondary N) is 1. The number of benzene rings is 1. The summed E-state index contributed by atoms with van der Waals surface area (Å²) < 4.78 is 63.0. The predicted octanol–water partition coefficient (Wildman–Crippen LogP) is 0.245. The van der Waals surface area contributed by atoms with Crippen molar-refractivity contribution >= 4 is 19.9 Å². The lowest BCUT2D eigenvalue weighted by Gasteiger charge is -2.32. The van der Waals surface area contributed by atoms with Gasteiger partial charge in [0.25, 0.3) is 0 Å².